The number of benzene rings is 10. The maximum atomic E-state index is 11.8. The molecule has 0 radical (unpaired) electrons. The molecule has 0 fully saturated rings. The van der Waals surface area contributed by atoms with E-state index in [1.807, 2.05) is 84.9 Å². The standard InChI is InChI=1S/C50H30O9/c51-43-39-36(25-15-13-24(14-16-25)32-21-26-8-2-3-9-28(26)30-11-5-6-12-31(30)32)40-42(46(54)50(58)48(56)44(40)52)37(41(39)45(53)49(57)47(43)55)27-18-19-34-33(22-27)38-29-10-4-1-7-23(29)17-20-35(38)59-34/h1-22,51-58H. The van der Waals surface area contributed by atoms with Gasteiger partial charge in [-0.15, -0.1) is 0 Å². The zero-order valence-corrected chi connectivity index (χ0v) is 30.7. The molecule has 0 aliphatic heterocycles. The first kappa shape index (κ1) is 34.0. The lowest BCUT2D eigenvalue weighted by molar-refractivity contribution is 0.350. The molecule has 0 atom stereocenters. The summed E-state index contributed by atoms with van der Waals surface area (Å²) >= 11 is 0. The third kappa shape index (κ3) is 4.61. The molecule has 59 heavy (non-hydrogen) atoms. The quantitative estimate of drug-likeness (QED) is 0.0376. The van der Waals surface area contributed by atoms with E-state index in [9.17, 15) is 40.9 Å². The minimum absolute atomic E-state index is 0.0271. The average Bonchev–Trinajstić information content (AvgIpc) is 3.66. The van der Waals surface area contributed by atoms with Gasteiger partial charge in [0.05, 0.1) is 0 Å². The highest BCUT2D eigenvalue weighted by molar-refractivity contribution is 6.30. The van der Waals surface area contributed by atoms with E-state index in [1.165, 1.54) is 0 Å². The fraction of sp³-hybridized carbons (Fsp3) is 0. The molecule has 1 aromatic heterocycles. The Morgan fingerprint density at radius 3 is 1.36 bits per heavy atom. The topological polar surface area (TPSA) is 175 Å². The highest BCUT2D eigenvalue weighted by Crippen LogP contribution is 2.62. The van der Waals surface area contributed by atoms with Crippen molar-refractivity contribution >= 4 is 75.8 Å². The Kier molecular flexibility index (Phi) is 6.97. The first-order valence-corrected chi connectivity index (χ1v) is 18.7. The molecule has 0 aliphatic carbocycles. The number of phenolic OH excluding ortho intramolecular Hbond substituents is 8. The SMILES string of the molecule is Oc1c(O)c(O)c2c(-c3ccc4oc5ccc6ccccc6c5c4c3)c3c(O)c(O)c(O)c(O)c3c(-c3ccc(-c4cc5ccccc5c5ccccc45)cc3)c2c1O. The summed E-state index contributed by atoms with van der Waals surface area (Å²) in [7, 11) is 0. The van der Waals surface area contributed by atoms with E-state index in [4.69, 9.17) is 4.42 Å². The van der Waals surface area contributed by atoms with Crippen LogP contribution < -0.4 is 0 Å². The van der Waals surface area contributed by atoms with Crippen LogP contribution in [0, 0.1) is 0 Å². The van der Waals surface area contributed by atoms with E-state index in [2.05, 4.69) is 18.2 Å². The maximum Gasteiger partial charge on any atom is 0.204 e. The van der Waals surface area contributed by atoms with Gasteiger partial charge in [-0.25, -0.2) is 0 Å². The Hall–Kier alpha value is -8.30. The minimum atomic E-state index is -1.03. The number of hydrogen-bond acceptors (Lipinski definition) is 9. The van der Waals surface area contributed by atoms with Gasteiger partial charge in [0, 0.05) is 43.4 Å². The van der Waals surface area contributed by atoms with Crippen molar-refractivity contribution in [2.45, 2.75) is 0 Å². The van der Waals surface area contributed by atoms with Crippen LogP contribution in [-0.2, 0) is 0 Å². The van der Waals surface area contributed by atoms with Crippen molar-refractivity contribution in [2.24, 2.45) is 0 Å². The molecule has 9 heteroatoms. The molecule has 9 nitrogen and oxygen atoms in total. The minimum Gasteiger partial charge on any atom is -0.504 e. The molecule has 1 heterocycles. The van der Waals surface area contributed by atoms with Crippen molar-refractivity contribution in [3.05, 3.63) is 133 Å². The average molecular weight is 775 g/mol. The highest BCUT2D eigenvalue weighted by Gasteiger charge is 2.32. The van der Waals surface area contributed by atoms with Gasteiger partial charge in [-0.05, 0) is 78.8 Å². The van der Waals surface area contributed by atoms with Crippen LogP contribution in [0.25, 0.3) is 109 Å². The molecule has 8 N–H and O–H groups in total. The number of rotatable bonds is 3. The second-order valence-corrected chi connectivity index (χ2v) is 14.8. The van der Waals surface area contributed by atoms with Gasteiger partial charge in [0.1, 0.15) is 11.2 Å². The van der Waals surface area contributed by atoms with Crippen LogP contribution in [-0.4, -0.2) is 40.9 Å². The molecular weight excluding hydrogens is 745 g/mol. The van der Waals surface area contributed by atoms with E-state index in [0.29, 0.717) is 27.7 Å². The van der Waals surface area contributed by atoms with Gasteiger partial charge < -0.3 is 45.3 Å². The van der Waals surface area contributed by atoms with E-state index in [-0.39, 0.29) is 32.7 Å². The summed E-state index contributed by atoms with van der Waals surface area (Å²) in [5.74, 6) is -7.51. The summed E-state index contributed by atoms with van der Waals surface area (Å²) in [5.41, 5.74) is 3.44. The maximum absolute atomic E-state index is 11.8. The Balaban J connectivity index is 1.25. The largest absolute Gasteiger partial charge is 0.504 e. The fourth-order valence-corrected chi connectivity index (χ4v) is 9.01. The van der Waals surface area contributed by atoms with Crippen molar-refractivity contribution in [1.82, 2.24) is 0 Å². The fourth-order valence-electron chi connectivity index (χ4n) is 9.01. The summed E-state index contributed by atoms with van der Waals surface area (Å²) in [6, 6.07) is 42.0. The summed E-state index contributed by atoms with van der Waals surface area (Å²) in [4.78, 5) is 0. The Bertz CT molecular complexity index is 3560. The molecule has 0 bridgehead atoms. The first-order chi connectivity index (χ1) is 28.6. The van der Waals surface area contributed by atoms with Crippen molar-refractivity contribution in [1.29, 1.82) is 0 Å². The molecule has 0 amide bonds. The second kappa shape index (κ2) is 12.1. The summed E-state index contributed by atoms with van der Waals surface area (Å²) in [5, 5.41) is 98.0. The van der Waals surface area contributed by atoms with Crippen LogP contribution >= 0.6 is 0 Å². The smallest absolute Gasteiger partial charge is 0.204 e. The second-order valence-electron chi connectivity index (χ2n) is 14.8. The van der Waals surface area contributed by atoms with Crippen molar-refractivity contribution in [3.8, 4) is 79.4 Å². The van der Waals surface area contributed by atoms with Crippen LogP contribution in [0.3, 0.4) is 0 Å². The van der Waals surface area contributed by atoms with Gasteiger partial charge in [-0.2, -0.15) is 0 Å². The molecule has 11 rings (SSSR count). The molecular formula is C50H30O9. The normalized spacial score (nSPS) is 11.9. The molecule has 10 aromatic carbocycles. The molecule has 0 spiro atoms. The number of phenols is 8. The Morgan fingerprint density at radius 1 is 0.288 bits per heavy atom. The predicted octanol–water partition coefficient (Wildman–Crippen LogP) is 12.0. The van der Waals surface area contributed by atoms with Crippen LogP contribution in [0.4, 0.5) is 0 Å². The van der Waals surface area contributed by atoms with Crippen molar-refractivity contribution in [3.63, 3.8) is 0 Å². The third-order valence-corrected chi connectivity index (χ3v) is 11.7. The van der Waals surface area contributed by atoms with Gasteiger partial charge in [0.15, 0.2) is 23.0 Å². The molecule has 284 valence electrons. The molecule has 0 saturated heterocycles. The van der Waals surface area contributed by atoms with Crippen LogP contribution in [0.15, 0.2) is 138 Å². The van der Waals surface area contributed by atoms with E-state index >= 15 is 0 Å². The number of aromatic hydroxyl groups is 8. The zero-order valence-electron chi connectivity index (χ0n) is 30.7. The van der Waals surface area contributed by atoms with Crippen molar-refractivity contribution < 1.29 is 45.3 Å². The zero-order chi connectivity index (χ0) is 40.4. The van der Waals surface area contributed by atoms with Gasteiger partial charge >= 0.3 is 0 Å². The summed E-state index contributed by atoms with van der Waals surface area (Å²) in [6.45, 7) is 0. The lowest BCUT2D eigenvalue weighted by atomic mass is 9.83. The lowest BCUT2D eigenvalue weighted by Gasteiger charge is -2.22. The van der Waals surface area contributed by atoms with Crippen LogP contribution in [0.1, 0.15) is 0 Å². The van der Waals surface area contributed by atoms with Crippen LogP contribution in [0.2, 0.25) is 0 Å². The highest BCUT2D eigenvalue weighted by atomic mass is 16.4. The van der Waals surface area contributed by atoms with Gasteiger partial charge in [0.25, 0.3) is 0 Å². The van der Waals surface area contributed by atoms with Gasteiger partial charge in [-0.1, -0.05) is 109 Å². The molecule has 0 unspecified atom stereocenters. The molecule has 11 aromatic rings. The molecule has 0 aliphatic rings. The van der Waals surface area contributed by atoms with Crippen molar-refractivity contribution in [2.75, 3.05) is 0 Å². The lowest BCUT2D eigenvalue weighted by Crippen LogP contribution is -1.95. The number of furan rings is 1. The van der Waals surface area contributed by atoms with Gasteiger partial charge in [0.2, 0.25) is 23.0 Å². The van der Waals surface area contributed by atoms with Crippen LogP contribution in [0.5, 0.6) is 46.0 Å². The Labute approximate surface area is 333 Å². The monoisotopic (exact) mass is 774 g/mol. The Morgan fingerprint density at radius 2 is 0.746 bits per heavy atom. The predicted molar refractivity (Wildman–Crippen MR) is 231 cm³/mol. The summed E-state index contributed by atoms with van der Waals surface area (Å²) in [6.07, 6.45) is 0. The third-order valence-electron chi connectivity index (χ3n) is 11.7. The van der Waals surface area contributed by atoms with E-state index in [1.54, 1.807) is 30.3 Å². The van der Waals surface area contributed by atoms with E-state index < -0.39 is 46.0 Å². The summed E-state index contributed by atoms with van der Waals surface area (Å²) < 4.78 is 6.22. The number of hydrogen-bond donors (Lipinski definition) is 8. The van der Waals surface area contributed by atoms with Gasteiger partial charge in [-0.3, -0.25) is 0 Å². The van der Waals surface area contributed by atoms with E-state index in [0.717, 1.165) is 48.8 Å². The molecule has 0 saturated carbocycles. The first-order valence-electron chi connectivity index (χ1n) is 18.7. The number of fused-ring (bicyclic) bond motifs is 10.